The molecule has 5 rings (SSSR count). The van der Waals surface area contributed by atoms with Crippen molar-refractivity contribution in [3.63, 3.8) is 0 Å². The molecule has 0 unspecified atom stereocenters. The van der Waals surface area contributed by atoms with Gasteiger partial charge in [-0.3, -0.25) is 0 Å². The first-order chi connectivity index (χ1) is 16.5. The monoisotopic (exact) mass is 452 g/mol. The molecule has 4 aromatic rings. The molecule has 0 amide bonds. The summed E-state index contributed by atoms with van der Waals surface area (Å²) < 4.78 is 11.2. The lowest BCUT2D eigenvalue weighted by molar-refractivity contribution is -0.114. The molecule has 0 heterocycles. The quantitative estimate of drug-likeness (QED) is 0.398. The normalized spacial score (nSPS) is 20.8. The SMILES string of the molecule is CCOc1ccc([C@@]2(O)c3ccccc3-c3ccccc3[C@]2(O)c2ccc(OCC)cc2)cc1. The second kappa shape index (κ2) is 8.64. The van der Waals surface area contributed by atoms with Gasteiger partial charge in [0.1, 0.15) is 11.5 Å². The van der Waals surface area contributed by atoms with Crippen LogP contribution < -0.4 is 9.47 Å². The molecule has 172 valence electrons. The van der Waals surface area contributed by atoms with Crippen molar-refractivity contribution in [2.24, 2.45) is 0 Å². The van der Waals surface area contributed by atoms with Crippen molar-refractivity contribution in [2.45, 2.75) is 25.0 Å². The zero-order chi connectivity index (χ0) is 23.8. The van der Waals surface area contributed by atoms with Crippen molar-refractivity contribution in [2.75, 3.05) is 13.2 Å². The zero-order valence-electron chi connectivity index (χ0n) is 19.4. The summed E-state index contributed by atoms with van der Waals surface area (Å²) in [6, 6.07) is 30.1. The van der Waals surface area contributed by atoms with Gasteiger partial charge < -0.3 is 19.7 Å². The van der Waals surface area contributed by atoms with Crippen LogP contribution >= 0.6 is 0 Å². The molecule has 1 aliphatic carbocycles. The van der Waals surface area contributed by atoms with Gasteiger partial charge in [0.15, 0.2) is 11.2 Å². The van der Waals surface area contributed by atoms with Crippen molar-refractivity contribution in [3.8, 4) is 22.6 Å². The van der Waals surface area contributed by atoms with E-state index >= 15 is 0 Å². The lowest BCUT2D eigenvalue weighted by Gasteiger charge is -2.49. The fourth-order valence-electron chi connectivity index (χ4n) is 5.10. The predicted octanol–water partition coefficient (Wildman–Crippen LogP) is 5.64. The van der Waals surface area contributed by atoms with Crippen LogP contribution in [0.25, 0.3) is 11.1 Å². The standard InChI is InChI=1S/C30H28O4/c1-3-33-23-17-13-21(14-18-23)29(31)27-11-7-5-9-25(27)26-10-6-8-12-28(26)30(29,32)22-15-19-24(20-16-22)34-4-2/h5-20,31-32H,3-4H2,1-2H3/t29-,30-/m1/s1. The third kappa shape index (κ3) is 3.22. The largest absolute Gasteiger partial charge is 0.494 e. The summed E-state index contributed by atoms with van der Waals surface area (Å²) in [6.45, 7) is 4.97. The molecule has 0 radical (unpaired) electrons. The molecular weight excluding hydrogens is 424 g/mol. The molecule has 0 fully saturated rings. The Morgan fingerprint density at radius 2 is 0.882 bits per heavy atom. The van der Waals surface area contributed by atoms with Gasteiger partial charge in [0.05, 0.1) is 13.2 Å². The Morgan fingerprint density at radius 1 is 0.529 bits per heavy atom. The molecule has 0 spiro atoms. The number of benzene rings is 4. The Bertz CT molecular complexity index is 1190. The Morgan fingerprint density at radius 3 is 1.24 bits per heavy atom. The van der Waals surface area contributed by atoms with Gasteiger partial charge in [0.25, 0.3) is 0 Å². The molecule has 34 heavy (non-hydrogen) atoms. The number of fused-ring (bicyclic) bond motifs is 3. The first-order valence-corrected chi connectivity index (χ1v) is 11.6. The van der Waals surface area contributed by atoms with E-state index < -0.39 is 11.2 Å². The van der Waals surface area contributed by atoms with E-state index in [-0.39, 0.29) is 0 Å². The summed E-state index contributed by atoms with van der Waals surface area (Å²) in [7, 11) is 0. The maximum atomic E-state index is 12.7. The average Bonchev–Trinajstić information content (AvgIpc) is 2.88. The molecule has 0 saturated carbocycles. The van der Waals surface area contributed by atoms with Crippen molar-refractivity contribution in [1.29, 1.82) is 0 Å². The van der Waals surface area contributed by atoms with Gasteiger partial charge in [-0.05, 0) is 71.5 Å². The maximum Gasteiger partial charge on any atom is 0.152 e. The van der Waals surface area contributed by atoms with Gasteiger partial charge >= 0.3 is 0 Å². The van der Waals surface area contributed by atoms with Crippen molar-refractivity contribution in [1.82, 2.24) is 0 Å². The van der Waals surface area contributed by atoms with E-state index in [0.29, 0.717) is 47.0 Å². The summed E-state index contributed by atoms with van der Waals surface area (Å²) in [5, 5.41) is 25.4. The second-order valence-corrected chi connectivity index (χ2v) is 8.43. The number of rotatable bonds is 6. The number of hydrogen-bond donors (Lipinski definition) is 2. The first kappa shape index (κ1) is 22.2. The lowest BCUT2D eigenvalue weighted by atomic mass is 9.60. The van der Waals surface area contributed by atoms with Gasteiger partial charge in [-0.15, -0.1) is 0 Å². The highest BCUT2D eigenvalue weighted by Crippen LogP contribution is 2.57. The van der Waals surface area contributed by atoms with Crippen molar-refractivity contribution < 1.29 is 19.7 Å². The van der Waals surface area contributed by atoms with Crippen LogP contribution in [-0.4, -0.2) is 23.4 Å². The van der Waals surface area contributed by atoms with Crippen LogP contribution in [0.5, 0.6) is 11.5 Å². The number of ether oxygens (including phenoxy) is 2. The molecule has 0 bridgehead atoms. The zero-order valence-corrected chi connectivity index (χ0v) is 19.4. The first-order valence-electron chi connectivity index (χ1n) is 11.6. The van der Waals surface area contributed by atoms with Gasteiger partial charge in [0, 0.05) is 0 Å². The molecule has 2 N–H and O–H groups in total. The van der Waals surface area contributed by atoms with Crippen molar-refractivity contribution >= 4 is 0 Å². The Balaban J connectivity index is 1.80. The second-order valence-electron chi connectivity index (χ2n) is 8.43. The van der Waals surface area contributed by atoms with Gasteiger partial charge in [-0.1, -0.05) is 72.8 Å². The molecule has 2 atom stereocenters. The van der Waals surface area contributed by atoms with E-state index in [1.54, 1.807) is 0 Å². The molecule has 0 aliphatic heterocycles. The molecule has 4 heteroatoms. The van der Waals surface area contributed by atoms with Gasteiger partial charge in [-0.25, -0.2) is 0 Å². The topological polar surface area (TPSA) is 58.9 Å². The van der Waals surface area contributed by atoms with Crippen LogP contribution in [0.3, 0.4) is 0 Å². The van der Waals surface area contributed by atoms with E-state index in [4.69, 9.17) is 9.47 Å². The lowest BCUT2D eigenvalue weighted by Crippen LogP contribution is -2.53. The highest BCUT2D eigenvalue weighted by Gasteiger charge is 2.58. The summed E-state index contributed by atoms with van der Waals surface area (Å²) in [6.07, 6.45) is 0. The highest BCUT2D eigenvalue weighted by molar-refractivity contribution is 5.79. The molecule has 0 aromatic heterocycles. The molecule has 0 saturated heterocycles. The fraction of sp³-hybridized carbons (Fsp3) is 0.200. The minimum Gasteiger partial charge on any atom is -0.494 e. The Hall–Kier alpha value is -3.60. The molecule has 4 aromatic carbocycles. The maximum absolute atomic E-state index is 12.7. The van der Waals surface area contributed by atoms with Crippen LogP contribution in [0.1, 0.15) is 36.1 Å². The minimum atomic E-state index is -1.75. The van der Waals surface area contributed by atoms with Crippen molar-refractivity contribution in [3.05, 3.63) is 119 Å². The number of aliphatic hydroxyl groups is 2. The fourth-order valence-corrected chi connectivity index (χ4v) is 5.10. The minimum absolute atomic E-state index is 0.552. The van der Waals surface area contributed by atoms with Gasteiger partial charge in [-0.2, -0.15) is 0 Å². The van der Waals surface area contributed by atoms with Crippen LogP contribution in [-0.2, 0) is 11.2 Å². The smallest absolute Gasteiger partial charge is 0.152 e. The van der Waals surface area contributed by atoms with E-state index in [1.165, 1.54) is 0 Å². The third-order valence-corrected chi connectivity index (χ3v) is 6.61. The Kier molecular flexibility index (Phi) is 5.64. The van der Waals surface area contributed by atoms with Crippen LogP contribution in [0, 0.1) is 0 Å². The van der Waals surface area contributed by atoms with E-state index in [0.717, 1.165) is 11.1 Å². The van der Waals surface area contributed by atoms with Crippen LogP contribution in [0.2, 0.25) is 0 Å². The molecule has 4 nitrogen and oxygen atoms in total. The summed E-state index contributed by atoms with van der Waals surface area (Å²) >= 11 is 0. The highest BCUT2D eigenvalue weighted by atomic mass is 16.5. The third-order valence-electron chi connectivity index (χ3n) is 6.61. The predicted molar refractivity (Wildman–Crippen MR) is 133 cm³/mol. The molecule has 1 aliphatic rings. The van der Waals surface area contributed by atoms with E-state index in [1.807, 2.05) is 111 Å². The van der Waals surface area contributed by atoms with E-state index in [2.05, 4.69) is 0 Å². The Labute approximate surface area is 200 Å². The average molecular weight is 453 g/mol. The van der Waals surface area contributed by atoms with Crippen LogP contribution in [0.4, 0.5) is 0 Å². The summed E-state index contributed by atoms with van der Waals surface area (Å²) in [5.74, 6) is 1.42. The van der Waals surface area contributed by atoms with E-state index in [9.17, 15) is 10.2 Å². The molecular formula is C30H28O4. The summed E-state index contributed by atoms with van der Waals surface area (Å²) in [5.41, 5.74) is 0.730. The number of hydrogen-bond acceptors (Lipinski definition) is 4. The summed E-state index contributed by atoms with van der Waals surface area (Å²) in [4.78, 5) is 0. The van der Waals surface area contributed by atoms with Gasteiger partial charge in [0.2, 0.25) is 0 Å². The van der Waals surface area contributed by atoms with Crippen LogP contribution in [0.15, 0.2) is 97.1 Å².